The number of amides is 1. The topological polar surface area (TPSA) is 46.1 Å². The quantitative estimate of drug-likeness (QED) is 0.372. The van der Waals surface area contributed by atoms with Crippen LogP contribution in [-0.4, -0.2) is 22.1 Å². The van der Waals surface area contributed by atoms with Gasteiger partial charge in [-0.15, -0.1) is 11.8 Å². The highest BCUT2D eigenvalue weighted by molar-refractivity contribution is 7.98. The van der Waals surface area contributed by atoms with Crippen LogP contribution >= 0.6 is 34.7 Å². The maximum atomic E-state index is 13.4. The van der Waals surface area contributed by atoms with E-state index in [4.69, 9.17) is 16.6 Å². The fourth-order valence-corrected chi connectivity index (χ4v) is 4.55. The summed E-state index contributed by atoms with van der Waals surface area (Å²) in [5.41, 5.74) is 2.25. The summed E-state index contributed by atoms with van der Waals surface area (Å²) in [7, 11) is 0. The standard InChI is InChI=1S/C21H16ClN3OS2/c1-27-15-8-9-18-19(11-15)28-21(24-18)25(13-14-5-4-10-23-12-14)20(26)16-6-2-3-7-17(16)22/h2-12H,13H2,1H3. The summed E-state index contributed by atoms with van der Waals surface area (Å²) in [6.45, 7) is 0.368. The van der Waals surface area contributed by atoms with Crippen molar-refractivity contribution in [1.29, 1.82) is 0 Å². The van der Waals surface area contributed by atoms with E-state index in [1.807, 2.05) is 42.7 Å². The Kier molecular flexibility index (Phi) is 5.62. The van der Waals surface area contributed by atoms with E-state index >= 15 is 0 Å². The van der Waals surface area contributed by atoms with E-state index in [2.05, 4.69) is 11.1 Å². The Morgan fingerprint density at radius 1 is 1.18 bits per heavy atom. The Morgan fingerprint density at radius 3 is 2.79 bits per heavy atom. The number of nitrogens with zero attached hydrogens (tertiary/aromatic N) is 3. The zero-order valence-corrected chi connectivity index (χ0v) is 17.4. The van der Waals surface area contributed by atoms with Crippen LogP contribution in [0.2, 0.25) is 5.02 Å². The van der Waals surface area contributed by atoms with Crippen LogP contribution in [-0.2, 0) is 6.54 Å². The molecule has 2 aromatic heterocycles. The molecule has 28 heavy (non-hydrogen) atoms. The highest BCUT2D eigenvalue weighted by atomic mass is 35.5. The van der Waals surface area contributed by atoms with Crippen molar-refractivity contribution >= 4 is 56.0 Å². The highest BCUT2D eigenvalue weighted by Gasteiger charge is 2.23. The van der Waals surface area contributed by atoms with E-state index in [9.17, 15) is 4.79 Å². The molecule has 0 spiro atoms. The van der Waals surface area contributed by atoms with Crippen LogP contribution < -0.4 is 4.90 Å². The van der Waals surface area contributed by atoms with E-state index in [0.717, 1.165) is 15.8 Å². The zero-order valence-electron chi connectivity index (χ0n) is 15.0. The number of fused-ring (bicyclic) bond motifs is 1. The molecule has 2 heterocycles. The molecule has 7 heteroatoms. The van der Waals surface area contributed by atoms with Gasteiger partial charge in [0, 0.05) is 17.3 Å². The largest absolute Gasteiger partial charge is 0.279 e. The summed E-state index contributed by atoms with van der Waals surface area (Å²) in [6, 6.07) is 17.0. The first-order valence-electron chi connectivity index (χ1n) is 8.55. The fourth-order valence-electron chi connectivity index (χ4n) is 2.82. The van der Waals surface area contributed by atoms with Gasteiger partial charge in [-0.25, -0.2) is 4.98 Å². The monoisotopic (exact) mass is 425 g/mol. The van der Waals surface area contributed by atoms with Crippen molar-refractivity contribution in [2.45, 2.75) is 11.4 Å². The first-order valence-corrected chi connectivity index (χ1v) is 11.0. The minimum Gasteiger partial charge on any atom is -0.279 e. The SMILES string of the molecule is CSc1ccc2nc(N(Cc3cccnc3)C(=O)c3ccccc3Cl)sc2c1. The van der Waals surface area contributed by atoms with Crippen molar-refractivity contribution in [3.63, 3.8) is 0 Å². The molecule has 0 unspecified atom stereocenters. The summed E-state index contributed by atoms with van der Waals surface area (Å²) in [5.74, 6) is -0.182. The van der Waals surface area contributed by atoms with E-state index in [-0.39, 0.29) is 5.91 Å². The number of hydrogen-bond donors (Lipinski definition) is 0. The summed E-state index contributed by atoms with van der Waals surface area (Å²) in [6.07, 6.45) is 5.51. The number of aromatic nitrogens is 2. The molecule has 4 nitrogen and oxygen atoms in total. The summed E-state index contributed by atoms with van der Waals surface area (Å²) >= 11 is 9.47. The van der Waals surface area contributed by atoms with Crippen molar-refractivity contribution < 1.29 is 4.79 Å². The summed E-state index contributed by atoms with van der Waals surface area (Å²) < 4.78 is 1.05. The molecule has 140 valence electrons. The molecule has 0 aliphatic heterocycles. The van der Waals surface area contributed by atoms with Crippen LogP contribution in [0, 0.1) is 0 Å². The van der Waals surface area contributed by atoms with Gasteiger partial charge in [0.2, 0.25) is 0 Å². The second-order valence-corrected chi connectivity index (χ2v) is 8.36. The van der Waals surface area contributed by atoms with Gasteiger partial charge in [0.15, 0.2) is 5.13 Å². The molecule has 2 aromatic carbocycles. The third-order valence-electron chi connectivity index (χ3n) is 4.23. The van der Waals surface area contributed by atoms with Crippen molar-refractivity contribution in [3.8, 4) is 0 Å². The van der Waals surface area contributed by atoms with Gasteiger partial charge in [-0.2, -0.15) is 0 Å². The van der Waals surface area contributed by atoms with Crippen molar-refractivity contribution in [2.24, 2.45) is 0 Å². The number of hydrogen-bond acceptors (Lipinski definition) is 5. The van der Waals surface area contributed by atoms with Gasteiger partial charge in [-0.1, -0.05) is 41.1 Å². The van der Waals surface area contributed by atoms with E-state index in [1.165, 1.54) is 16.2 Å². The van der Waals surface area contributed by atoms with Crippen LogP contribution in [0.3, 0.4) is 0 Å². The van der Waals surface area contributed by atoms with Gasteiger partial charge < -0.3 is 0 Å². The Labute approximate surface area is 176 Å². The molecule has 4 rings (SSSR count). The van der Waals surface area contributed by atoms with Crippen molar-refractivity contribution in [1.82, 2.24) is 9.97 Å². The molecule has 0 aliphatic rings. The number of thioether (sulfide) groups is 1. The minimum atomic E-state index is -0.182. The third kappa shape index (κ3) is 3.90. The molecule has 0 saturated carbocycles. The molecular weight excluding hydrogens is 410 g/mol. The molecule has 1 amide bonds. The number of halogens is 1. The minimum absolute atomic E-state index is 0.182. The predicted molar refractivity (Wildman–Crippen MR) is 118 cm³/mol. The number of carbonyl (C=O) groups is 1. The van der Waals surface area contributed by atoms with Crippen molar-refractivity contribution in [2.75, 3.05) is 11.2 Å². The van der Waals surface area contributed by atoms with Gasteiger partial charge >= 0.3 is 0 Å². The fraction of sp³-hybridized carbons (Fsp3) is 0.0952. The second-order valence-electron chi connectivity index (χ2n) is 6.06. The van der Waals surface area contributed by atoms with Crippen LogP contribution in [0.25, 0.3) is 10.2 Å². The van der Waals surface area contributed by atoms with Crippen LogP contribution in [0.4, 0.5) is 5.13 Å². The molecule has 0 radical (unpaired) electrons. The van der Waals surface area contributed by atoms with Crippen LogP contribution in [0.15, 0.2) is 71.9 Å². The van der Waals surface area contributed by atoms with Crippen LogP contribution in [0.1, 0.15) is 15.9 Å². The Bertz CT molecular complexity index is 1130. The summed E-state index contributed by atoms with van der Waals surface area (Å²) in [4.78, 5) is 25.1. The van der Waals surface area contributed by atoms with Crippen LogP contribution in [0.5, 0.6) is 0 Å². The Morgan fingerprint density at radius 2 is 2.04 bits per heavy atom. The number of anilines is 1. The zero-order chi connectivity index (χ0) is 19.5. The van der Waals surface area contributed by atoms with Gasteiger partial charge in [-0.05, 0) is 48.2 Å². The van der Waals surface area contributed by atoms with Gasteiger partial charge in [0.05, 0.1) is 27.3 Å². The molecule has 0 fully saturated rings. The first kappa shape index (κ1) is 18.9. The number of benzene rings is 2. The molecule has 0 N–H and O–H groups in total. The van der Waals surface area contributed by atoms with Gasteiger partial charge in [0.1, 0.15) is 0 Å². The average Bonchev–Trinajstić information content (AvgIpc) is 3.15. The smallest absolute Gasteiger partial charge is 0.261 e. The number of rotatable bonds is 5. The first-order chi connectivity index (χ1) is 13.7. The Balaban J connectivity index is 1.78. The molecule has 0 atom stereocenters. The van der Waals surface area contributed by atoms with Crippen molar-refractivity contribution in [3.05, 3.63) is 83.1 Å². The van der Waals surface area contributed by atoms with E-state index < -0.39 is 0 Å². The van der Waals surface area contributed by atoms with Gasteiger partial charge in [-0.3, -0.25) is 14.7 Å². The lowest BCUT2D eigenvalue weighted by Crippen LogP contribution is -2.30. The molecule has 0 aliphatic carbocycles. The molecule has 0 saturated heterocycles. The second kappa shape index (κ2) is 8.31. The molecule has 4 aromatic rings. The number of carbonyl (C=O) groups excluding carboxylic acids is 1. The highest BCUT2D eigenvalue weighted by Crippen LogP contribution is 2.33. The number of thiazole rings is 1. The maximum Gasteiger partial charge on any atom is 0.261 e. The lowest BCUT2D eigenvalue weighted by molar-refractivity contribution is 0.0985. The number of pyridine rings is 1. The van der Waals surface area contributed by atoms with Gasteiger partial charge in [0.25, 0.3) is 5.91 Å². The molecular formula is C21H16ClN3OS2. The predicted octanol–water partition coefficient (Wildman–Crippen LogP) is 5.91. The molecule has 0 bridgehead atoms. The lowest BCUT2D eigenvalue weighted by atomic mass is 10.2. The Hall–Kier alpha value is -2.41. The van der Waals surface area contributed by atoms with E-state index in [1.54, 1.807) is 41.2 Å². The maximum absolute atomic E-state index is 13.4. The average molecular weight is 426 g/mol. The lowest BCUT2D eigenvalue weighted by Gasteiger charge is -2.20. The third-order valence-corrected chi connectivity index (χ3v) is 6.32. The normalized spacial score (nSPS) is 10.9. The summed E-state index contributed by atoms with van der Waals surface area (Å²) in [5, 5.41) is 1.07. The van der Waals surface area contributed by atoms with E-state index in [0.29, 0.717) is 22.3 Å².